The Balaban J connectivity index is 1.35. The number of nitrogens with one attached hydrogen (secondary N) is 1. The number of imidazole rings is 1. The van der Waals surface area contributed by atoms with Crippen LogP contribution in [0.4, 0.5) is 5.69 Å². The van der Waals surface area contributed by atoms with Crippen LogP contribution in [-0.4, -0.2) is 45.0 Å². The van der Waals surface area contributed by atoms with E-state index in [4.69, 9.17) is 4.74 Å². The second-order valence-electron chi connectivity index (χ2n) is 8.43. The number of hydrogen-bond acceptors (Lipinski definition) is 4. The molecule has 166 valence electrons. The number of hydrogen-bond donors (Lipinski definition) is 1. The SMILES string of the molecule is Cn1c(=O)n(CC(=O)N2CCCCC2C(=O)Nc2ccc3c(c2)CCO3)c2ccccc21. The maximum absolute atomic E-state index is 13.3. The zero-order valence-corrected chi connectivity index (χ0v) is 18.0. The Morgan fingerprint density at radius 2 is 1.94 bits per heavy atom. The van der Waals surface area contributed by atoms with Gasteiger partial charge in [0.2, 0.25) is 11.8 Å². The van der Waals surface area contributed by atoms with Gasteiger partial charge in [-0.2, -0.15) is 0 Å². The highest BCUT2D eigenvalue weighted by Gasteiger charge is 2.33. The number of piperidine rings is 1. The Kier molecular flexibility index (Phi) is 5.20. The number of aromatic nitrogens is 2. The zero-order chi connectivity index (χ0) is 22.2. The Labute approximate surface area is 185 Å². The normalized spacial score (nSPS) is 17.8. The molecule has 1 atom stereocenters. The molecule has 0 radical (unpaired) electrons. The summed E-state index contributed by atoms with van der Waals surface area (Å²) in [6.45, 7) is 1.08. The molecule has 8 heteroatoms. The lowest BCUT2D eigenvalue weighted by Crippen LogP contribution is -2.51. The fourth-order valence-electron chi connectivity index (χ4n) is 4.73. The summed E-state index contributed by atoms with van der Waals surface area (Å²) in [6.07, 6.45) is 3.16. The number of anilines is 1. The van der Waals surface area contributed by atoms with E-state index in [1.165, 1.54) is 4.57 Å². The number of para-hydroxylation sites is 2. The largest absolute Gasteiger partial charge is 0.493 e. The molecule has 5 rings (SSSR count). The van der Waals surface area contributed by atoms with Gasteiger partial charge in [-0.05, 0) is 55.2 Å². The molecule has 8 nitrogen and oxygen atoms in total. The van der Waals surface area contributed by atoms with Crippen molar-refractivity contribution in [2.75, 3.05) is 18.5 Å². The van der Waals surface area contributed by atoms with Crippen LogP contribution in [0.2, 0.25) is 0 Å². The molecule has 0 aliphatic carbocycles. The highest BCUT2D eigenvalue weighted by molar-refractivity contribution is 5.97. The first kappa shape index (κ1) is 20.4. The standard InChI is InChI=1S/C24H26N4O4/c1-26-18-6-2-3-7-19(18)28(24(26)31)15-22(29)27-12-5-4-8-20(27)23(30)25-17-9-10-21-16(14-17)11-13-32-21/h2-3,6-7,9-10,14,20H,4-5,8,11-13,15H2,1H3,(H,25,30). The van der Waals surface area contributed by atoms with Crippen LogP contribution in [0.5, 0.6) is 5.75 Å². The second kappa shape index (κ2) is 8.18. The summed E-state index contributed by atoms with van der Waals surface area (Å²) < 4.78 is 8.56. The summed E-state index contributed by atoms with van der Waals surface area (Å²) in [5.41, 5.74) is 3.04. The number of ether oxygens (including phenoxy) is 1. The Hall–Kier alpha value is -3.55. The van der Waals surface area contributed by atoms with Crippen LogP contribution in [-0.2, 0) is 29.6 Å². The van der Waals surface area contributed by atoms with Crippen LogP contribution in [0.15, 0.2) is 47.3 Å². The van der Waals surface area contributed by atoms with Crippen molar-refractivity contribution in [3.05, 3.63) is 58.5 Å². The monoisotopic (exact) mass is 434 g/mol. The third-order valence-corrected chi connectivity index (χ3v) is 6.43. The van der Waals surface area contributed by atoms with Crippen LogP contribution in [0.25, 0.3) is 11.0 Å². The molecule has 1 unspecified atom stereocenters. The lowest BCUT2D eigenvalue weighted by atomic mass is 10.0. The molecule has 2 aliphatic rings. The number of rotatable bonds is 4. The molecular weight excluding hydrogens is 408 g/mol. The lowest BCUT2D eigenvalue weighted by molar-refractivity contribution is -0.140. The summed E-state index contributed by atoms with van der Waals surface area (Å²) in [5, 5.41) is 2.97. The second-order valence-corrected chi connectivity index (χ2v) is 8.43. The molecule has 0 bridgehead atoms. The van der Waals surface area contributed by atoms with Crippen molar-refractivity contribution in [3.63, 3.8) is 0 Å². The van der Waals surface area contributed by atoms with Crippen LogP contribution >= 0.6 is 0 Å². The van der Waals surface area contributed by atoms with E-state index in [9.17, 15) is 14.4 Å². The third-order valence-electron chi connectivity index (χ3n) is 6.43. The number of carbonyl (C=O) groups is 2. The van der Waals surface area contributed by atoms with Crippen LogP contribution in [0.1, 0.15) is 24.8 Å². The van der Waals surface area contributed by atoms with Gasteiger partial charge in [0.05, 0.1) is 17.6 Å². The molecule has 32 heavy (non-hydrogen) atoms. The third kappa shape index (κ3) is 3.55. The van der Waals surface area contributed by atoms with Gasteiger partial charge in [0.15, 0.2) is 0 Å². The minimum Gasteiger partial charge on any atom is -0.493 e. The first-order chi connectivity index (χ1) is 15.5. The Morgan fingerprint density at radius 1 is 1.12 bits per heavy atom. The topological polar surface area (TPSA) is 85.6 Å². The van der Waals surface area contributed by atoms with E-state index >= 15 is 0 Å². The molecule has 1 N–H and O–H groups in total. The van der Waals surface area contributed by atoms with Crippen molar-refractivity contribution < 1.29 is 14.3 Å². The highest BCUT2D eigenvalue weighted by Crippen LogP contribution is 2.28. The fraction of sp³-hybridized carbons (Fsp3) is 0.375. The average Bonchev–Trinajstić information content (AvgIpc) is 3.37. The first-order valence-electron chi connectivity index (χ1n) is 11.0. The molecule has 2 aliphatic heterocycles. The van der Waals surface area contributed by atoms with E-state index in [0.717, 1.165) is 36.1 Å². The van der Waals surface area contributed by atoms with E-state index in [1.54, 1.807) is 16.5 Å². The molecule has 3 heterocycles. The van der Waals surface area contributed by atoms with E-state index in [2.05, 4.69) is 5.32 Å². The van der Waals surface area contributed by atoms with Gasteiger partial charge in [-0.15, -0.1) is 0 Å². The van der Waals surface area contributed by atoms with Crippen molar-refractivity contribution >= 4 is 28.5 Å². The van der Waals surface area contributed by atoms with Crippen molar-refractivity contribution in [2.24, 2.45) is 7.05 Å². The van der Waals surface area contributed by atoms with Gasteiger partial charge in [-0.1, -0.05) is 12.1 Å². The molecule has 1 fully saturated rings. The molecule has 2 amide bonds. The van der Waals surface area contributed by atoms with Gasteiger partial charge in [0.1, 0.15) is 18.3 Å². The lowest BCUT2D eigenvalue weighted by Gasteiger charge is -2.34. The number of carbonyl (C=O) groups excluding carboxylic acids is 2. The van der Waals surface area contributed by atoms with Gasteiger partial charge in [-0.25, -0.2) is 4.79 Å². The van der Waals surface area contributed by atoms with E-state index in [0.29, 0.717) is 30.8 Å². The zero-order valence-electron chi connectivity index (χ0n) is 18.0. The van der Waals surface area contributed by atoms with Crippen LogP contribution < -0.4 is 15.7 Å². The molecule has 1 aromatic heterocycles. The molecule has 1 saturated heterocycles. The summed E-state index contributed by atoms with van der Waals surface area (Å²) in [5.74, 6) is 0.450. The summed E-state index contributed by atoms with van der Waals surface area (Å²) in [7, 11) is 1.70. The van der Waals surface area contributed by atoms with Crippen molar-refractivity contribution in [1.29, 1.82) is 0 Å². The van der Waals surface area contributed by atoms with Crippen molar-refractivity contribution in [2.45, 2.75) is 38.3 Å². The predicted octanol–water partition coefficient (Wildman–Crippen LogP) is 2.29. The number of benzene rings is 2. The molecular formula is C24H26N4O4. The van der Waals surface area contributed by atoms with Gasteiger partial charge in [-0.3, -0.25) is 18.7 Å². The molecule has 0 saturated carbocycles. The smallest absolute Gasteiger partial charge is 0.329 e. The minimum atomic E-state index is -0.550. The molecule has 0 spiro atoms. The van der Waals surface area contributed by atoms with Gasteiger partial charge in [0.25, 0.3) is 0 Å². The number of likely N-dealkylation sites (tertiary alicyclic amines) is 1. The number of aryl methyl sites for hydroxylation is 1. The van der Waals surface area contributed by atoms with E-state index < -0.39 is 6.04 Å². The summed E-state index contributed by atoms with van der Waals surface area (Å²) in [6, 6.07) is 12.5. The quantitative estimate of drug-likeness (QED) is 0.683. The van der Waals surface area contributed by atoms with Crippen LogP contribution in [0.3, 0.4) is 0 Å². The maximum Gasteiger partial charge on any atom is 0.329 e. The highest BCUT2D eigenvalue weighted by atomic mass is 16.5. The first-order valence-corrected chi connectivity index (χ1v) is 11.0. The Bertz CT molecular complexity index is 1260. The number of amides is 2. The van der Waals surface area contributed by atoms with Crippen molar-refractivity contribution in [1.82, 2.24) is 14.0 Å². The molecule has 3 aromatic rings. The van der Waals surface area contributed by atoms with Gasteiger partial charge in [0, 0.05) is 25.7 Å². The average molecular weight is 434 g/mol. The van der Waals surface area contributed by atoms with Crippen molar-refractivity contribution in [3.8, 4) is 5.75 Å². The summed E-state index contributed by atoms with van der Waals surface area (Å²) >= 11 is 0. The van der Waals surface area contributed by atoms with Gasteiger partial charge >= 0.3 is 5.69 Å². The van der Waals surface area contributed by atoms with E-state index in [1.807, 2.05) is 42.5 Å². The maximum atomic E-state index is 13.3. The Morgan fingerprint density at radius 3 is 2.78 bits per heavy atom. The van der Waals surface area contributed by atoms with Crippen LogP contribution in [0, 0.1) is 0 Å². The minimum absolute atomic E-state index is 0.0832. The van der Waals surface area contributed by atoms with E-state index in [-0.39, 0.29) is 24.0 Å². The van der Waals surface area contributed by atoms with Gasteiger partial charge < -0.3 is 15.0 Å². The number of fused-ring (bicyclic) bond motifs is 2. The predicted molar refractivity (Wildman–Crippen MR) is 121 cm³/mol. The summed E-state index contributed by atoms with van der Waals surface area (Å²) in [4.78, 5) is 40.7. The fourth-order valence-corrected chi connectivity index (χ4v) is 4.73. The molecule has 2 aromatic carbocycles. The number of nitrogens with zero attached hydrogens (tertiary/aromatic N) is 3.